The lowest BCUT2D eigenvalue weighted by Crippen LogP contribution is -2.30. The van der Waals surface area contributed by atoms with Gasteiger partial charge in [-0.1, -0.05) is 35.9 Å². The van der Waals surface area contributed by atoms with Crippen molar-refractivity contribution in [2.45, 2.75) is 24.2 Å². The highest BCUT2D eigenvalue weighted by Gasteiger charge is 2.54. The van der Waals surface area contributed by atoms with E-state index in [1.807, 2.05) is 6.92 Å². The molecule has 5 rings (SSSR count). The van der Waals surface area contributed by atoms with Crippen LogP contribution in [0.1, 0.15) is 34.0 Å². The van der Waals surface area contributed by atoms with Gasteiger partial charge in [-0.3, -0.25) is 19.3 Å². The van der Waals surface area contributed by atoms with Crippen LogP contribution in [0.3, 0.4) is 0 Å². The molecule has 1 aromatic heterocycles. The number of aromatic nitrogens is 1. The van der Waals surface area contributed by atoms with Crippen LogP contribution < -0.4 is 0 Å². The van der Waals surface area contributed by atoms with Crippen molar-refractivity contribution in [3.05, 3.63) is 65.4 Å². The Morgan fingerprint density at radius 1 is 0.933 bits per heavy atom. The summed E-state index contributed by atoms with van der Waals surface area (Å²) < 4.78 is 28.5. The normalized spacial score (nSPS) is 21.3. The van der Waals surface area contributed by atoms with Crippen LogP contribution in [-0.4, -0.2) is 41.9 Å². The van der Waals surface area contributed by atoms with Gasteiger partial charge in [0.15, 0.2) is 5.78 Å². The maximum atomic E-state index is 13.7. The molecule has 0 saturated carbocycles. The number of fused-ring (bicyclic) bond motifs is 5. The van der Waals surface area contributed by atoms with E-state index >= 15 is 0 Å². The maximum Gasteiger partial charge on any atom is 0.268 e. The van der Waals surface area contributed by atoms with Crippen molar-refractivity contribution in [1.82, 2.24) is 8.87 Å². The number of Topliss-reactive ketones (excluding diaryl/α,β-unsaturated/α-hetero) is 1. The Labute approximate surface area is 173 Å². The van der Waals surface area contributed by atoms with Crippen LogP contribution in [0, 0.1) is 12.8 Å². The van der Waals surface area contributed by atoms with E-state index in [1.165, 1.54) is 19.2 Å². The molecule has 2 atom stereocenters. The molecule has 1 aliphatic carbocycles. The monoisotopic (exact) mass is 422 g/mol. The van der Waals surface area contributed by atoms with E-state index in [0.29, 0.717) is 10.9 Å². The molecule has 152 valence electrons. The van der Waals surface area contributed by atoms with Crippen LogP contribution in [-0.2, 0) is 19.6 Å². The molecule has 2 unspecified atom stereocenters. The lowest BCUT2D eigenvalue weighted by molar-refractivity contribution is -0.137. The third-order valence-corrected chi connectivity index (χ3v) is 7.79. The fraction of sp³-hybridized carbons (Fsp3) is 0.227. The zero-order valence-corrected chi connectivity index (χ0v) is 17.1. The topological polar surface area (TPSA) is 93.5 Å². The number of likely N-dealkylation sites (tertiary alicyclic amines) is 1. The Balaban J connectivity index is 1.89. The first-order valence-corrected chi connectivity index (χ1v) is 11.0. The summed E-state index contributed by atoms with van der Waals surface area (Å²) >= 11 is 0. The number of hydrogen-bond donors (Lipinski definition) is 0. The number of rotatable bonds is 2. The van der Waals surface area contributed by atoms with Crippen molar-refractivity contribution < 1.29 is 22.8 Å². The van der Waals surface area contributed by atoms with Crippen molar-refractivity contribution in [2.24, 2.45) is 5.92 Å². The third kappa shape index (κ3) is 2.31. The number of nitrogens with zero attached hydrogens (tertiary/aromatic N) is 2. The standard InChI is InChI=1S/C22H18N2O5S/c1-12-7-9-13(10-8-12)30(28,29)24-16-6-4-3-5-14(16)18-17(25)11-15-19(20(18)24)22(27)23(2)21(15)26/h3-10,15,19H,11H2,1-2H3. The molecule has 1 aliphatic heterocycles. The number of amides is 2. The van der Waals surface area contributed by atoms with Gasteiger partial charge in [-0.25, -0.2) is 12.4 Å². The molecule has 3 aromatic rings. The van der Waals surface area contributed by atoms with Gasteiger partial charge in [0.1, 0.15) is 0 Å². The van der Waals surface area contributed by atoms with Gasteiger partial charge in [-0.05, 0) is 25.1 Å². The molecular weight excluding hydrogens is 404 g/mol. The fourth-order valence-electron chi connectivity index (χ4n) is 4.58. The lowest BCUT2D eigenvalue weighted by Gasteiger charge is -2.23. The molecule has 2 aliphatic rings. The molecule has 2 heterocycles. The molecule has 2 aromatic carbocycles. The summed E-state index contributed by atoms with van der Waals surface area (Å²) in [5, 5.41) is 0.474. The van der Waals surface area contributed by atoms with Gasteiger partial charge >= 0.3 is 0 Å². The van der Waals surface area contributed by atoms with Crippen LogP contribution >= 0.6 is 0 Å². The van der Waals surface area contributed by atoms with Crippen LogP contribution in [0.5, 0.6) is 0 Å². The number of hydrogen-bond acceptors (Lipinski definition) is 5. The van der Waals surface area contributed by atoms with E-state index in [9.17, 15) is 22.8 Å². The molecule has 0 N–H and O–H groups in total. The number of benzene rings is 2. The highest BCUT2D eigenvalue weighted by atomic mass is 32.2. The number of ketones is 1. The maximum absolute atomic E-state index is 13.7. The molecule has 0 radical (unpaired) electrons. The third-order valence-electron chi connectivity index (χ3n) is 6.05. The highest BCUT2D eigenvalue weighted by Crippen LogP contribution is 2.47. The van der Waals surface area contributed by atoms with Gasteiger partial charge in [-0.15, -0.1) is 0 Å². The first-order chi connectivity index (χ1) is 14.2. The van der Waals surface area contributed by atoms with Crippen molar-refractivity contribution in [3.63, 3.8) is 0 Å². The quantitative estimate of drug-likeness (QED) is 0.592. The minimum atomic E-state index is -4.12. The van der Waals surface area contributed by atoms with Gasteiger partial charge < -0.3 is 0 Å². The van der Waals surface area contributed by atoms with Crippen molar-refractivity contribution in [2.75, 3.05) is 7.05 Å². The molecular formula is C22H18N2O5S. The molecule has 8 heteroatoms. The van der Waals surface area contributed by atoms with Crippen molar-refractivity contribution >= 4 is 38.5 Å². The Morgan fingerprint density at radius 2 is 1.60 bits per heavy atom. The van der Waals surface area contributed by atoms with Crippen molar-refractivity contribution in [1.29, 1.82) is 0 Å². The van der Waals surface area contributed by atoms with Crippen LogP contribution in [0.4, 0.5) is 0 Å². The number of carbonyl (C=O) groups excluding carboxylic acids is 3. The number of para-hydroxylation sites is 1. The summed E-state index contributed by atoms with van der Waals surface area (Å²) in [7, 11) is -2.75. The molecule has 1 saturated heterocycles. The highest BCUT2D eigenvalue weighted by molar-refractivity contribution is 7.90. The minimum absolute atomic E-state index is 0.0522. The molecule has 1 fully saturated rings. The summed E-state index contributed by atoms with van der Waals surface area (Å²) in [6, 6.07) is 13.1. The van der Waals surface area contributed by atoms with Gasteiger partial charge in [0.25, 0.3) is 10.0 Å². The second kappa shape index (κ2) is 6.12. The number of carbonyl (C=O) groups is 3. The molecule has 7 nitrogen and oxygen atoms in total. The first-order valence-electron chi connectivity index (χ1n) is 9.53. The minimum Gasteiger partial charge on any atom is -0.294 e. The van der Waals surface area contributed by atoms with Crippen LogP contribution in [0.25, 0.3) is 10.9 Å². The predicted molar refractivity (Wildman–Crippen MR) is 109 cm³/mol. The number of likely N-dealkylation sites (N-methyl/N-ethyl adjacent to an activating group) is 1. The van der Waals surface area contributed by atoms with Gasteiger partial charge in [0.2, 0.25) is 11.8 Å². The second-order valence-corrected chi connectivity index (χ2v) is 9.59. The summed E-state index contributed by atoms with van der Waals surface area (Å²) in [4.78, 5) is 39.6. The Hall–Kier alpha value is -3.26. The van der Waals surface area contributed by atoms with Crippen LogP contribution in [0.15, 0.2) is 53.4 Å². The van der Waals surface area contributed by atoms with Gasteiger partial charge in [0, 0.05) is 24.4 Å². The molecule has 2 amide bonds. The van der Waals surface area contributed by atoms with E-state index in [0.717, 1.165) is 14.4 Å². The summed E-state index contributed by atoms with van der Waals surface area (Å²) in [6.45, 7) is 1.85. The van der Waals surface area contributed by atoms with E-state index in [2.05, 4.69) is 0 Å². The Bertz CT molecular complexity index is 1370. The SMILES string of the molecule is Cc1ccc(S(=O)(=O)n2c3c(c4ccccc42)C(=O)CC2C(=O)N(C)C(=O)C32)cc1. The summed E-state index contributed by atoms with van der Waals surface area (Å²) in [5.74, 6) is -3.13. The lowest BCUT2D eigenvalue weighted by atomic mass is 9.79. The first kappa shape index (κ1) is 18.7. The summed E-state index contributed by atoms with van der Waals surface area (Å²) in [6.07, 6.45) is -0.106. The Morgan fingerprint density at radius 3 is 2.30 bits per heavy atom. The average Bonchev–Trinajstić information content (AvgIpc) is 3.18. The zero-order valence-electron chi connectivity index (χ0n) is 16.3. The number of imide groups is 1. The molecule has 0 bridgehead atoms. The zero-order chi connectivity index (χ0) is 21.4. The van der Waals surface area contributed by atoms with E-state index in [4.69, 9.17) is 0 Å². The average molecular weight is 422 g/mol. The van der Waals surface area contributed by atoms with Crippen LogP contribution in [0.2, 0.25) is 0 Å². The largest absolute Gasteiger partial charge is 0.294 e. The second-order valence-electron chi connectivity index (χ2n) is 7.81. The summed E-state index contributed by atoms with van der Waals surface area (Å²) in [5.41, 5.74) is 1.55. The van der Waals surface area contributed by atoms with Crippen molar-refractivity contribution in [3.8, 4) is 0 Å². The van der Waals surface area contributed by atoms with E-state index in [-0.39, 0.29) is 28.4 Å². The molecule has 30 heavy (non-hydrogen) atoms. The number of aryl methyl sites for hydroxylation is 1. The van der Waals surface area contributed by atoms with E-state index < -0.39 is 33.7 Å². The predicted octanol–water partition coefficient (Wildman–Crippen LogP) is 2.47. The van der Waals surface area contributed by atoms with E-state index in [1.54, 1.807) is 36.4 Å². The fourth-order valence-corrected chi connectivity index (χ4v) is 6.15. The van der Waals surface area contributed by atoms with Gasteiger partial charge in [0.05, 0.1) is 27.9 Å². The molecule has 0 spiro atoms. The van der Waals surface area contributed by atoms with Gasteiger partial charge in [-0.2, -0.15) is 0 Å². The smallest absolute Gasteiger partial charge is 0.268 e. The Kier molecular flexibility index (Phi) is 3.82.